The monoisotopic (exact) mass is 269 g/mol. The van der Waals surface area contributed by atoms with E-state index >= 15 is 0 Å². The van der Waals surface area contributed by atoms with Crippen LogP contribution in [0.2, 0.25) is 0 Å². The summed E-state index contributed by atoms with van der Waals surface area (Å²) in [5.41, 5.74) is 0.421. The first-order valence-corrected chi connectivity index (χ1v) is 3.33. The van der Waals surface area contributed by atoms with Gasteiger partial charge in [0.05, 0.1) is 0 Å². The Balaban J connectivity index is 0.00000144. The summed E-state index contributed by atoms with van der Waals surface area (Å²) >= 11 is 0. The molecular formula is C8H6AgN2O2. The molecule has 0 saturated carbocycles. The second-order valence-electron chi connectivity index (χ2n) is 2.23. The van der Waals surface area contributed by atoms with Crippen LogP contribution in [0, 0.1) is 21.4 Å². The second kappa shape index (κ2) is 5.49. The topological polar surface area (TPSA) is 66.9 Å². The molecule has 0 heterocycles. The van der Waals surface area contributed by atoms with Gasteiger partial charge in [-0.05, 0) is 0 Å². The number of rotatable bonds is 2. The van der Waals surface area contributed by atoms with Gasteiger partial charge in [-0.15, -0.1) is 0 Å². The molecule has 1 rings (SSSR count). The molecular weight excluding hydrogens is 264 g/mol. The Morgan fingerprint density at radius 2 is 1.92 bits per heavy atom. The molecule has 0 spiro atoms. The van der Waals surface area contributed by atoms with Crippen molar-refractivity contribution in [1.82, 2.24) is 0 Å². The summed E-state index contributed by atoms with van der Waals surface area (Å²) in [5.74, 6) is 0. The SMILES string of the molecule is N#CC(c1ccccc1)[N+](=O)[O-].[Ag]. The molecule has 0 aliphatic heterocycles. The van der Waals surface area contributed by atoms with Gasteiger partial charge in [0.1, 0.15) is 6.07 Å². The molecule has 1 aromatic carbocycles. The van der Waals surface area contributed by atoms with Crippen LogP contribution in [0.25, 0.3) is 0 Å². The Kier molecular flexibility index (Phi) is 5.00. The van der Waals surface area contributed by atoms with E-state index in [-0.39, 0.29) is 22.4 Å². The molecule has 0 saturated heterocycles. The van der Waals surface area contributed by atoms with E-state index in [2.05, 4.69) is 0 Å². The van der Waals surface area contributed by atoms with Gasteiger partial charge in [-0.25, -0.2) is 0 Å². The Morgan fingerprint density at radius 3 is 2.31 bits per heavy atom. The van der Waals surface area contributed by atoms with E-state index in [0.717, 1.165) is 0 Å². The van der Waals surface area contributed by atoms with Crippen molar-refractivity contribution in [2.45, 2.75) is 6.04 Å². The number of nitriles is 1. The molecule has 1 aromatic rings. The van der Waals surface area contributed by atoms with E-state index < -0.39 is 11.0 Å². The van der Waals surface area contributed by atoms with Crippen LogP contribution < -0.4 is 0 Å². The summed E-state index contributed by atoms with van der Waals surface area (Å²) in [4.78, 5) is 9.71. The Bertz CT molecular complexity index is 321. The fourth-order valence-corrected chi connectivity index (χ4v) is 0.879. The molecule has 0 aliphatic rings. The normalized spacial score (nSPS) is 10.7. The molecule has 0 amide bonds. The number of hydrogen-bond donors (Lipinski definition) is 0. The molecule has 1 unspecified atom stereocenters. The molecule has 13 heavy (non-hydrogen) atoms. The molecule has 5 heteroatoms. The molecule has 0 bridgehead atoms. The minimum atomic E-state index is -1.24. The van der Waals surface area contributed by atoms with Gasteiger partial charge >= 0.3 is 6.04 Å². The maximum Gasteiger partial charge on any atom is 0.321 e. The standard InChI is InChI=1S/C8H6N2O2.Ag/c9-6-8(10(11)12)7-4-2-1-3-5-7;/h1-5,8H;. The Hall–Kier alpha value is -1.15. The molecule has 4 nitrogen and oxygen atoms in total. The fraction of sp³-hybridized carbons (Fsp3) is 0.125. The van der Waals surface area contributed by atoms with Gasteiger partial charge in [-0.2, -0.15) is 5.26 Å². The van der Waals surface area contributed by atoms with Crippen molar-refractivity contribution >= 4 is 0 Å². The predicted molar refractivity (Wildman–Crippen MR) is 41.8 cm³/mol. The molecule has 1 radical (unpaired) electrons. The number of nitrogens with zero attached hydrogens (tertiary/aromatic N) is 2. The minimum Gasteiger partial charge on any atom is -0.263 e. The minimum absolute atomic E-state index is 0. The summed E-state index contributed by atoms with van der Waals surface area (Å²) in [5, 5.41) is 18.8. The maximum absolute atomic E-state index is 10.3. The van der Waals surface area contributed by atoms with Crippen molar-refractivity contribution in [3.8, 4) is 6.07 Å². The van der Waals surface area contributed by atoms with Crippen LogP contribution in [-0.4, -0.2) is 4.92 Å². The van der Waals surface area contributed by atoms with Crippen LogP contribution in [0.5, 0.6) is 0 Å². The zero-order chi connectivity index (χ0) is 8.97. The second-order valence-corrected chi connectivity index (χ2v) is 2.23. The van der Waals surface area contributed by atoms with Crippen LogP contribution in [0.15, 0.2) is 30.3 Å². The fourth-order valence-electron chi connectivity index (χ4n) is 0.879. The smallest absolute Gasteiger partial charge is 0.263 e. The summed E-state index contributed by atoms with van der Waals surface area (Å²) in [6.07, 6.45) is 0. The van der Waals surface area contributed by atoms with Gasteiger partial charge < -0.3 is 0 Å². The third-order valence-electron chi connectivity index (χ3n) is 1.45. The first-order chi connectivity index (χ1) is 5.75. The van der Waals surface area contributed by atoms with Gasteiger partial charge in [0.15, 0.2) is 0 Å². The van der Waals surface area contributed by atoms with Crippen molar-refractivity contribution in [2.75, 3.05) is 0 Å². The van der Waals surface area contributed by atoms with Crippen molar-refractivity contribution < 1.29 is 27.3 Å². The number of hydrogen-bond acceptors (Lipinski definition) is 3. The largest absolute Gasteiger partial charge is 0.321 e. The third-order valence-corrected chi connectivity index (χ3v) is 1.45. The summed E-state index contributed by atoms with van der Waals surface area (Å²) in [6, 6.07) is 8.59. The van der Waals surface area contributed by atoms with Gasteiger partial charge in [0.25, 0.3) is 0 Å². The van der Waals surface area contributed by atoms with E-state index in [1.807, 2.05) is 0 Å². The number of nitro groups is 1. The molecule has 0 aliphatic carbocycles. The Morgan fingerprint density at radius 1 is 1.38 bits per heavy atom. The average Bonchev–Trinajstić information content (AvgIpc) is 2.07. The van der Waals surface area contributed by atoms with E-state index in [0.29, 0.717) is 5.56 Å². The van der Waals surface area contributed by atoms with Crippen LogP contribution in [0.1, 0.15) is 11.6 Å². The van der Waals surface area contributed by atoms with Crippen LogP contribution in [0.3, 0.4) is 0 Å². The van der Waals surface area contributed by atoms with Crippen molar-refractivity contribution in [2.24, 2.45) is 0 Å². The average molecular weight is 270 g/mol. The summed E-state index contributed by atoms with van der Waals surface area (Å²) in [6.45, 7) is 0. The third kappa shape index (κ3) is 2.99. The van der Waals surface area contributed by atoms with E-state index in [1.165, 1.54) is 0 Å². The van der Waals surface area contributed by atoms with Crippen LogP contribution >= 0.6 is 0 Å². The Labute approximate surface area is 90.8 Å². The van der Waals surface area contributed by atoms with E-state index in [4.69, 9.17) is 5.26 Å². The van der Waals surface area contributed by atoms with Gasteiger partial charge in [-0.3, -0.25) is 10.1 Å². The van der Waals surface area contributed by atoms with Crippen molar-refractivity contribution in [1.29, 1.82) is 5.26 Å². The van der Waals surface area contributed by atoms with Crippen molar-refractivity contribution in [3.63, 3.8) is 0 Å². The van der Waals surface area contributed by atoms with Gasteiger partial charge in [0, 0.05) is 32.9 Å². The maximum atomic E-state index is 10.3. The summed E-state index contributed by atoms with van der Waals surface area (Å²) < 4.78 is 0. The van der Waals surface area contributed by atoms with Crippen LogP contribution in [-0.2, 0) is 22.4 Å². The molecule has 0 aromatic heterocycles. The quantitative estimate of drug-likeness (QED) is 0.465. The zero-order valence-electron chi connectivity index (χ0n) is 6.48. The molecule has 71 valence electrons. The van der Waals surface area contributed by atoms with Crippen LogP contribution in [0.4, 0.5) is 0 Å². The van der Waals surface area contributed by atoms with Gasteiger partial charge in [-0.1, -0.05) is 30.3 Å². The number of benzene rings is 1. The van der Waals surface area contributed by atoms with Crippen molar-refractivity contribution in [3.05, 3.63) is 46.0 Å². The first-order valence-electron chi connectivity index (χ1n) is 3.33. The molecule has 0 N–H and O–H groups in total. The molecule has 0 fully saturated rings. The van der Waals surface area contributed by atoms with E-state index in [1.54, 1.807) is 36.4 Å². The first kappa shape index (κ1) is 11.9. The summed E-state index contributed by atoms with van der Waals surface area (Å²) in [7, 11) is 0. The van der Waals surface area contributed by atoms with E-state index in [9.17, 15) is 10.1 Å². The molecule has 1 atom stereocenters. The predicted octanol–water partition coefficient (Wildman–Crippen LogP) is 1.53. The zero-order valence-corrected chi connectivity index (χ0v) is 7.96. The van der Waals surface area contributed by atoms with Gasteiger partial charge in [0.2, 0.25) is 0 Å².